The lowest BCUT2D eigenvalue weighted by molar-refractivity contribution is -0.125. The van der Waals surface area contributed by atoms with Crippen molar-refractivity contribution in [1.29, 1.82) is 0 Å². The third-order valence-corrected chi connectivity index (χ3v) is 4.51. The van der Waals surface area contributed by atoms with Crippen LogP contribution in [0.5, 0.6) is 17.2 Å². The van der Waals surface area contributed by atoms with Gasteiger partial charge in [0.05, 0.1) is 12.7 Å². The summed E-state index contributed by atoms with van der Waals surface area (Å²) in [6.45, 7) is 0.101. The highest BCUT2D eigenvalue weighted by Crippen LogP contribution is 2.33. The van der Waals surface area contributed by atoms with E-state index in [1.807, 2.05) is 6.07 Å². The molecule has 7 heteroatoms. The molecule has 1 aliphatic heterocycles. The lowest BCUT2D eigenvalue weighted by Gasteiger charge is -2.18. The van der Waals surface area contributed by atoms with Crippen molar-refractivity contribution >= 4 is 17.6 Å². The van der Waals surface area contributed by atoms with E-state index in [1.165, 1.54) is 6.07 Å². The van der Waals surface area contributed by atoms with Crippen LogP contribution in [0.15, 0.2) is 72.8 Å². The van der Waals surface area contributed by atoms with Gasteiger partial charge in [-0.3, -0.25) is 4.79 Å². The number of methoxy groups -OCH3 is 1. The molecule has 1 aliphatic rings. The minimum absolute atomic E-state index is 0.101. The molecule has 0 bridgehead atoms. The Morgan fingerprint density at radius 1 is 0.933 bits per heavy atom. The summed E-state index contributed by atoms with van der Waals surface area (Å²) in [7, 11) is 1.54. The second-order valence-corrected chi connectivity index (χ2v) is 6.49. The van der Waals surface area contributed by atoms with Gasteiger partial charge < -0.3 is 24.3 Å². The first-order valence-corrected chi connectivity index (χ1v) is 9.24. The van der Waals surface area contributed by atoms with Gasteiger partial charge in [-0.2, -0.15) is 0 Å². The molecular formula is C23H19NO6. The maximum absolute atomic E-state index is 13.0. The van der Waals surface area contributed by atoms with Crippen LogP contribution in [0, 0.1) is 0 Å². The van der Waals surface area contributed by atoms with Crippen LogP contribution in [-0.2, 0) is 9.53 Å². The molecule has 0 aromatic heterocycles. The SMILES string of the molecule is COc1cccc(NC(=O)[C@H](OC(=O)c2ccc3c(c2)OCO3)c2ccccc2)c1. The van der Waals surface area contributed by atoms with Crippen LogP contribution in [0.1, 0.15) is 22.0 Å². The quantitative estimate of drug-likeness (QED) is 0.625. The number of rotatable bonds is 6. The third kappa shape index (κ3) is 4.20. The molecule has 1 atom stereocenters. The maximum Gasteiger partial charge on any atom is 0.339 e. The Morgan fingerprint density at radius 3 is 2.53 bits per heavy atom. The Balaban J connectivity index is 1.56. The van der Waals surface area contributed by atoms with E-state index in [0.717, 1.165) is 0 Å². The number of hydrogen-bond acceptors (Lipinski definition) is 6. The van der Waals surface area contributed by atoms with Gasteiger partial charge in [-0.1, -0.05) is 36.4 Å². The van der Waals surface area contributed by atoms with Crippen molar-refractivity contribution in [2.45, 2.75) is 6.10 Å². The van der Waals surface area contributed by atoms with Crippen molar-refractivity contribution in [2.24, 2.45) is 0 Å². The molecule has 7 nitrogen and oxygen atoms in total. The Hall–Kier alpha value is -4.00. The van der Waals surface area contributed by atoms with Crippen LogP contribution in [0.2, 0.25) is 0 Å². The van der Waals surface area contributed by atoms with E-state index >= 15 is 0 Å². The monoisotopic (exact) mass is 405 g/mol. The molecule has 0 radical (unpaired) electrons. The molecular weight excluding hydrogens is 386 g/mol. The van der Waals surface area contributed by atoms with E-state index in [-0.39, 0.29) is 12.4 Å². The summed E-state index contributed by atoms with van der Waals surface area (Å²) in [6, 6.07) is 20.5. The highest BCUT2D eigenvalue weighted by atomic mass is 16.7. The molecule has 0 fully saturated rings. The van der Waals surface area contributed by atoms with Crippen LogP contribution >= 0.6 is 0 Å². The molecule has 4 rings (SSSR count). The van der Waals surface area contributed by atoms with E-state index < -0.39 is 18.0 Å². The number of amides is 1. The van der Waals surface area contributed by atoms with Crippen LogP contribution in [0.4, 0.5) is 5.69 Å². The van der Waals surface area contributed by atoms with E-state index in [2.05, 4.69) is 5.32 Å². The predicted molar refractivity (Wildman–Crippen MR) is 109 cm³/mol. The third-order valence-electron chi connectivity index (χ3n) is 4.51. The van der Waals surface area contributed by atoms with E-state index in [9.17, 15) is 9.59 Å². The molecule has 0 spiro atoms. The second kappa shape index (κ2) is 8.57. The van der Waals surface area contributed by atoms with E-state index in [4.69, 9.17) is 18.9 Å². The molecule has 0 unspecified atom stereocenters. The Morgan fingerprint density at radius 2 is 1.73 bits per heavy atom. The molecule has 0 aliphatic carbocycles. The van der Waals surface area contributed by atoms with Crippen molar-refractivity contribution in [3.63, 3.8) is 0 Å². The number of fused-ring (bicyclic) bond motifs is 1. The maximum atomic E-state index is 13.0. The highest BCUT2D eigenvalue weighted by molar-refractivity contribution is 5.98. The molecule has 0 saturated heterocycles. The number of carbonyl (C=O) groups is 2. The first-order chi connectivity index (χ1) is 14.6. The number of ether oxygens (including phenoxy) is 4. The molecule has 3 aromatic rings. The fraction of sp³-hybridized carbons (Fsp3) is 0.130. The molecule has 1 N–H and O–H groups in total. The summed E-state index contributed by atoms with van der Waals surface area (Å²) in [5, 5.41) is 2.77. The lowest BCUT2D eigenvalue weighted by Crippen LogP contribution is -2.26. The van der Waals surface area contributed by atoms with E-state index in [1.54, 1.807) is 67.8 Å². The molecule has 1 heterocycles. The van der Waals surface area contributed by atoms with Crippen LogP contribution in [0.25, 0.3) is 0 Å². The van der Waals surface area contributed by atoms with Gasteiger partial charge in [0.1, 0.15) is 5.75 Å². The zero-order valence-corrected chi connectivity index (χ0v) is 16.2. The van der Waals surface area contributed by atoms with Crippen molar-refractivity contribution < 1.29 is 28.5 Å². The standard InChI is InChI=1S/C23H19NO6/c1-27-18-9-5-8-17(13-18)24-22(25)21(15-6-3-2-4-7-15)30-23(26)16-10-11-19-20(12-16)29-14-28-19/h2-13,21H,14H2,1H3,(H,24,25)/t21-/m1/s1. The normalized spacial score (nSPS) is 12.7. The number of benzene rings is 3. The van der Waals surface area contributed by atoms with Gasteiger partial charge in [0, 0.05) is 17.3 Å². The first-order valence-electron chi connectivity index (χ1n) is 9.24. The molecule has 1 amide bonds. The molecule has 3 aromatic carbocycles. The second-order valence-electron chi connectivity index (χ2n) is 6.49. The zero-order chi connectivity index (χ0) is 20.9. The Labute approximate surface area is 173 Å². The molecule has 30 heavy (non-hydrogen) atoms. The summed E-state index contributed by atoms with van der Waals surface area (Å²) in [5.41, 5.74) is 1.33. The molecule has 0 saturated carbocycles. The average Bonchev–Trinajstić information content (AvgIpc) is 3.26. The summed E-state index contributed by atoms with van der Waals surface area (Å²) in [5.74, 6) is 0.483. The summed E-state index contributed by atoms with van der Waals surface area (Å²) in [4.78, 5) is 25.8. The van der Waals surface area contributed by atoms with Gasteiger partial charge in [-0.15, -0.1) is 0 Å². The van der Waals surface area contributed by atoms with Gasteiger partial charge in [0.25, 0.3) is 5.91 Å². The van der Waals surface area contributed by atoms with Crippen molar-refractivity contribution in [2.75, 3.05) is 19.2 Å². The average molecular weight is 405 g/mol. The highest BCUT2D eigenvalue weighted by Gasteiger charge is 2.27. The van der Waals surface area contributed by atoms with Gasteiger partial charge >= 0.3 is 5.97 Å². The Kier molecular flexibility index (Phi) is 5.52. The number of anilines is 1. The lowest BCUT2D eigenvalue weighted by atomic mass is 10.1. The molecule has 152 valence electrons. The summed E-state index contributed by atoms with van der Waals surface area (Å²) < 4.78 is 21.3. The van der Waals surface area contributed by atoms with Crippen molar-refractivity contribution in [3.05, 3.63) is 83.9 Å². The minimum atomic E-state index is -1.14. The number of hydrogen-bond donors (Lipinski definition) is 1. The summed E-state index contributed by atoms with van der Waals surface area (Å²) in [6.07, 6.45) is -1.14. The fourth-order valence-electron chi connectivity index (χ4n) is 3.01. The smallest absolute Gasteiger partial charge is 0.339 e. The number of carbonyl (C=O) groups excluding carboxylic acids is 2. The van der Waals surface area contributed by atoms with E-state index in [0.29, 0.717) is 28.5 Å². The van der Waals surface area contributed by atoms with Crippen molar-refractivity contribution in [1.82, 2.24) is 0 Å². The van der Waals surface area contributed by atoms with Crippen molar-refractivity contribution in [3.8, 4) is 17.2 Å². The van der Waals surface area contributed by atoms with Gasteiger partial charge in [0.2, 0.25) is 12.9 Å². The largest absolute Gasteiger partial charge is 0.497 e. The fourth-order valence-corrected chi connectivity index (χ4v) is 3.01. The Bertz CT molecular complexity index is 1070. The van der Waals surface area contributed by atoms with Gasteiger partial charge in [0.15, 0.2) is 11.5 Å². The minimum Gasteiger partial charge on any atom is -0.497 e. The number of nitrogens with one attached hydrogen (secondary N) is 1. The zero-order valence-electron chi connectivity index (χ0n) is 16.2. The topological polar surface area (TPSA) is 83.1 Å². The van der Waals surface area contributed by atoms with Gasteiger partial charge in [-0.05, 0) is 30.3 Å². The van der Waals surface area contributed by atoms with Crippen LogP contribution < -0.4 is 19.5 Å². The summed E-state index contributed by atoms with van der Waals surface area (Å²) >= 11 is 0. The number of esters is 1. The first kappa shape index (κ1) is 19.3. The predicted octanol–water partition coefficient (Wildman–Crippen LogP) is 3.96. The van der Waals surface area contributed by atoms with Crippen LogP contribution in [-0.4, -0.2) is 25.8 Å². The van der Waals surface area contributed by atoms with Gasteiger partial charge in [-0.25, -0.2) is 4.79 Å². The van der Waals surface area contributed by atoms with Crippen LogP contribution in [0.3, 0.4) is 0 Å².